The molecule has 5 nitrogen and oxygen atoms in total. The Morgan fingerprint density at radius 3 is 2.82 bits per heavy atom. The van der Waals surface area contributed by atoms with Crippen LogP contribution in [0.2, 0.25) is 0 Å². The number of hydrogen-bond donors (Lipinski definition) is 3. The van der Waals surface area contributed by atoms with Gasteiger partial charge in [-0.2, -0.15) is 5.10 Å². The lowest BCUT2D eigenvalue weighted by Gasteiger charge is -2.10. The van der Waals surface area contributed by atoms with E-state index in [-0.39, 0.29) is 18.3 Å². The van der Waals surface area contributed by atoms with Crippen molar-refractivity contribution < 1.29 is 4.79 Å². The molecule has 96 valence electrons. The normalized spacial score (nSPS) is 18.8. The number of aryl methyl sites for hydroxylation is 2. The molecule has 0 radical (unpaired) electrons. The molecule has 0 aliphatic carbocycles. The summed E-state index contributed by atoms with van der Waals surface area (Å²) in [6, 6.07) is 0.340. The number of carbonyl (C=O) groups is 1. The third-order valence-electron chi connectivity index (χ3n) is 2.99. The largest absolute Gasteiger partial charge is 0.323 e. The van der Waals surface area contributed by atoms with Crippen LogP contribution in [0.25, 0.3) is 0 Å². The minimum atomic E-state index is 0. The molecule has 1 unspecified atom stereocenters. The van der Waals surface area contributed by atoms with E-state index in [1.54, 1.807) is 0 Å². The quantitative estimate of drug-likeness (QED) is 0.770. The van der Waals surface area contributed by atoms with Gasteiger partial charge in [-0.05, 0) is 33.2 Å². The molecule has 0 spiro atoms. The molecule has 1 aromatic rings. The monoisotopic (exact) mass is 258 g/mol. The summed E-state index contributed by atoms with van der Waals surface area (Å²) in [5.74, 6) is 0.0620. The Labute approximate surface area is 107 Å². The fraction of sp³-hybridized carbons (Fsp3) is 0.636. The van der Waals surface area contributed by atoms with Crippen molar-refractivity contribution in [1.29, 1.82) is 0 Å². The maximum atomic E-state index is 11.8. The van der Waals surface area contributed by atoms with Crippen LogP contribution in [0, 0.1) is 13.8 Å². The average Bonchev–Trinajstić information content (AvgIpc) is 2.83. The second kappa shape index (κ2) is 6.02. The third kappa shape index (κ3) is 3.44. The van der Waals surface area contributed by atoms with Gasteiger partial charge >= 0.3 is 0 Å². The Bertz CT molecular complexity index is 365. The van der Waals surface area contributed by atoms with Crippen LogP contribution in [-0.4, -0.2) is 28.7 Å². The van der Waals surface area contributed by atoms with Crippen molar-refractivity contribution in [3.63, 3.8) is 0 Å². The van der Waals surface area contributed by atoms with Gasteiger partial charge in [0.1, 0.15) is 0 Å². The van der Waals surface area contributed by atoms with Crippen molar-refractivity contribution in [1.82, 2.24) is 15.5 Å². The van der Waals surface area contributed by atoms with Crippen LogP contribution in [0.3, 0.4) is 0 Å². The molecule has 1 atom stereocenters. The van der Waals surface area contributed by atoms with Crippen LogP contribution in [0.5, 0.6) is 0 Å². The fourth-order valence-electron chi connectivity index (χ4n) is 2.08. The number of H-pyrrole nitrogens is 1. The van der Waals surface area contributed by atoms with Gasteiger partial charge in [0.2, 0.25) is 5.91 Å². The molecule has 1 aliphatic rings. The topological polar surface area (TPSA) is 69.8 Å². The molecule has 2 rings (SSSR count). The maximum absolute atomic E-state index is 11.8. The SMILES string of the molecule is Cc1n[nH]c(C)c1NC(=O)CC1CCCN1.Cl. The van der Waals surface area contributed by atoms with Gasteiger partial charge in [0.15, 0.2) is 0 Å². The van der Waals surface area contributed by atoms with Crippen LogP contribution in [0.15, 0.2) is 0 Å². The number of hydrogen-bond acceptors (Lipinski definition) is 3. The Hall–Kier alpha value is -1.07. The van der Waals surface area contributed by atoms with Crippen LogP contribution in [0.4, 0.5) is 5.69 Å². The molecule has 1 saturated heterocycles. The molecule has 1 aliphatic heterocycles. The molecular weight excluding hydrogens is 240 g/mol. The van der Waals surface area contributed by atoms with Gasteiger partial charge in [0.05, 0.1) is 17.1 Å². The molecule has 2 heterocycles. The summed E-state index contributed by atoms with van der Waals surface area (Å²) < 4.78 is 0. The van der Waals surface area contributed by atoms with E-state index in [4.69, 9.17) is 0 Å². The van der Waals surface area contributed by atoms with Crippen molar-refractivity contribution in [3.8, 4) is 0 Å². The molecule has 0 saturated carbocycles. The third-order valence-corrected chi connectivity index (χ3v) is 2.99. The number of halogens is 1. The first kappa shape index (κ1) is 14.0. The van der Waals surface area contributed by atoms with Gasteiger partial charge in [-0.15, -0.1) is 12.4 Å². The molecule has 3 N–H and O–H groups in total. The average molecular weight is 259 g/mol. The number of carbonyl (C=O) groups excluding carboxylic acids is 1. The molecule has 1 fully saturated rings. The Morgan fingerprint density at radius 1 is 1.53 bits per heavy atom. The zero-order valence-electron chi connectivity index (χ0n) is 10.2. The highest BCUT2D eigenvalue weighted by atomic mass is 35.5. The second-order valence-electron chi connectivity index (χ2n) is 4.35. The lowest BCUT2D eigenvalue weighted by atomic mass is 10.1. The number of anilines is 1. The molecule has 1 amide bonds. The Kier molecular flexibility index (Phi) is 4.96. The van der Waals surface area contributed by atoms with Gasteiger partial charge in [0, 0.05) is 12.5 Å². The molecule has 17 heavy (non-hydrogen) atoms. The van der Waals surface area contributed by atoms with E-state index in [0.717, 1.165) is 30.0 Å². The van der Waals surface area contributed by atoms with Crippen LogP contribution in [-0.2, 0) is 4.79 Å². The van der Waals surface area contributed by atoms with E-state index in [0.29, 0.717) is 12.5 Å². The number of aromatic nitrogens is 2. The smallest absolute Gasteiger partial charge is 0.226 e. The van der Waals surface area contributed by atoms with Crippen molar-refractivity contribution in [2.45, 2.75) is 39.2 Å². The summed E-state index contributed by atoms with van der Waals surface area (Å²) in [5.41, 5.74) is 2.57. The number of aromatic amines is 1. The Morgan fingerprint density at radius 2 is 2.29 bits per heavy atom. The zero-order chi connectivity index (χ0) is 11.5. The van der Waals surface area contributed by atoms with Crippen molar-refractivity contribution in [3.05, 3.63) is 11.4 Å². The summed E-state index contributed by atoms with van der Waals surface area (Å²) in [7, 11) is 0. The molecular formula is C11H19ClN4O. The number of nitrogens with zero attached hydrogens (tertiary/aromatic N) is 1. The molecule has 0 aromatic carbocycles. The Balaban J connectivity index is 0.00000144. The van der Waals surface area contributed by atoms with Gasteiger partial charge in [-0.3, -0.25) is 9.89 Å². The predicted octanol–water partition coefficient (Wildman–Crippen LogP) is 1.53. The van der Waals surface area contributed by atoms with Crippen molar-refractivity contribution in [2.75, 3.05) is 11.9 Å². The van der Waals surface area contributed by atoms with E-state index < -0.39 is 0 Å². The van der Waals surface area contributed by atoms with E-state index >= 15 is 0 Å². The fourth-order valence-corrected chi connectivity index (χ4v) is 2.08. The summed E-state index contributed by atoms with van der Waals surface area (Å²) in [4.78, 5) is 11.8. The van der Waals surface area contributed by atoms with E-state index in [1.807, 2.05) is 13.8 Å². The van der Waals surface area contributed by atoms with E-state index in [1.165, 1.54) is 6.42 Å². The lowest BCUT2D eigenvalue weighted by Crippen LogP contribution is -2.27. The summed E-state index contributed by atoms with van der Waals surface area (Å²) in [6.07, 6.45) is 2.81. The van der Waals surface area contributed by atoms with Crippen LogP contribution < -0.4 is 10.6 Å². The highest BCUT2D eigenvalue weighted by molar-refractivity contribution is 5.92. The van der Waals surface area contributed by atoms with Crippen molar-refractivity contribution >= 4 is 24.0 Å². The highest BCUT2D eigenvalue weighted by Crippen LogP contribution is 2.17. The van der Waals surface area contributed by atoms with Gasteiger partial charge in [-0.25, -0.2) is 0 Å². The van der Waals surface area contributed by atoms with Gasteiger partial charge in [-0.1, -0.05) is 0 Å². The van der Waals surface area contributed by atoms with Gasteiger partial charge in [0.25, 0.3) is 0 Å². The second-order valence-corrected chi connectivity index (χ2v) is 4.35. The van der Waals surface area contributed by atoms with Gasteiger partial charge < -0.3 is 10.6 Å². The minimum absolute atomic E-state index is 0. The standard InChI is InChI=1S/C11H18N4O.ClH/c1-7-11(8(2)15-14-7)13-10(16)6-9-4-3-5-12-9;/h9,12H,3-6H2,1-2H3,(H,13,16)(H,14,15);1H. The maximum Gasteiger partial charge on any atom is 0.226 e. The summed E-state index contributed by atoms with van der Waals surface area (Å²) >= 11 is 0. The lowest BCUT2D eigenvalue weighted by molar-refractivity contribution is -0.116. The molecule has 1 aromatic heterocycles. The number of nitrogens with one attached hydrogen (secondary N) is 3. The first-order valence-corrected chi connectivity index (χ1v) is 5.71. The van der Waals surface area contributed by atoms with E-state index in [9.17, 15) is 4.79 Å². The minimum Gasteiger partial charge on any atom is -0.323 e. The van der Waals surface area contributed by atoms with Crippen molar-refractivity contribution in [2.24, 2.45) is 0 Å². The van der Waals surface area contributed by atoms with E-state index in [2.05, 4.69) is 20.8 Å². The summed E-state index contributed by atoms with van der Waals surface area (Å²) in [6.45, 7) is 4.82. The number of rotatable bonds is 3. The molecule has 0 bridgehead atoms. The first-order chi connectivity index (χ1) is 7.66. The summed E-state index contributed by atoms with van der Waals surface area (Å²) in [5, 5.41) is 13.1. The van der Waals surface area contributed by atoms with Crippen LogP contribution >= 0.6 is 12.4 Å². The van der Waals surface area contributed by atoms with Crippen LogP contribution in [0.1, 0.15) is 30.7 Å². The highest BCUT2D eigenvalue weighted by Gasteiger charge is 2.18. The molecule has 6 heteroatoms. The predicted molar refractivity (Wildman–Crippen MR) is 69.6 cm³/mol. The first-order valence-electron chi connectivity index (χ1n) is 5.71. The zero-order valence-corrected chi connectivity index (χ0v) is 11.0. The number of amides is 1.